The van der Waals surface area contributed by atoms with Crippen molar-refractivity contribution in [3.8, 4) is 11.4 Å². The first kappa shape index (κ1) is 14.8. The van der Waals surface area contributed by atoms with Gasteiger partial charge in [0.25, 0.3) is 0 Å². The SMILES string of the molecule is c1ccc(CNc2nc(-c3ccccc3)nc3c2CCOC3)cc1. The lowest BCUT2D eigenvalue weighted by molar-refractivity contribution is 0.107. The Balaban J connectivity index is 1.68. The largest absolute Gasteiger partial charge is 0.375 e. The molecule has 4 heteroatoms. The first-order valence-electron chi connectivity index (χ1n) is 8.21. The van der Waals surface area contributed by atoms with E-state index >= 15 is 0 Å². The van der Waals surface area contributed by atoms with Gasteiger partial charge in [-0.2, -0.15) is 0 Å². The average molecular weight is 317 g/mol. The fourth-order valence-corrected chi connectivity index (χ4v) is 2.90. The summed E-state index contributed by atoms with van der Waals surface area (Å²) in [5.41, 5.74) is 4.43. The van der Waals surface area contributed by atoms with E-state index in [4.69, 9.17) is 14.7 Å². The Morgan fingerprint density at radius 1 is 0.917 bits per heavy atom. The highest BCUT2D eigenvalue weighted by atomic mass is 16.5. The number of hydrogen-bond acceptors (Lipinski definition) is 4. The van der Waals surface area contributed by atoms with Crippen molar-refractivity contribution in [1.82, 2.24) is 9.97 Å². The van der Waals surface area contributed by atoms with Crippen LogP contribution in [-0.4, -0.2) is 16.6 Å². The first-order chi connectivity index (χ1) is 11.9. The molecule has 0 saturated carbocycles. The Morgan fingerprint density at radius 3 is 2.46 bits per heavy atom. The summed E-state index contributed by atoms with van der Waals surface area (Å²) in [6, 6.07) is 20.4. The van der Waals surface area contributed by atoms with Crippen molar-refractivity contribution >= 4 is 5.82 Å². The molecule has 2 aromatic carbocycles. The lowest BCUT2D eigenvalue weighted by Crippen LogP contribution is -2.17. The number of aromatic nitrogens is 2. The Bertz CT molecular complexity index is 819. The van der Waals surface area contributed by atoms with Gasteiger partial charge < -0.3 is 10.1 Å². The topological polar surface area (TPSA) is 47.0 Å². The predicted molar refractivity (Wildman–Crippen MR) is 94.6 cm³/mol. The van der Waals surface area contributed by atoms with Gasteiger partial charge in [0, 0.05) is 24.1 Å². The van der Waals surface area contributed by atoms with E-state index in [2.05, 4.69) is 29.6 Å². The van der Waals surface area contributed by atoms with Crippen molar-refractivity contribution < 1.29 is 4.74 Å². The zero-order valence-electron chi connectivity index (χ0n) is 13.4. The average Bonchev–Trinajstić information content (AvgIpc) is 2.67. The van der Waals surface area contributed by atoms with E-state index in [0.29, 0.717) is 6.61 Å². The van der Waals surface area contributed by atoms with Gasteiger partial charge in [0.05, 0.1) is 18.9 Å². The molecule has 0 unspecified atom stereocenters. The van der Waals surface area contributed by atoms with Crippen molar-refractivity contribution in [2.45, 2.75) is 19.6 Å². The summed E-state index contributed by atoms with van der Waals surface area (Å²) >= 11 is 0. The number of ether oxygens (including phenoxy) is 1. The van der Waals surface area contributed by atoms with E-state index in [1.807, 2.05) is 36.4 Å². The van der Waals surface area contributed by atoms with E-state index in [-0.39, 0.29) is 0 Å². The van der Waals surface area contributed by atoms with Crippen LogP contribution in [0.25, 0.3) is 11.4 Å². The number of hydrogen-bond donors (Lipinski definition) is 1. The molecule has 0 bridgehead atoms. The molecule has 0 fully saturated rings. The molecule has 120 valence electrons. The van der Waals surface area contributed by atoms with Crippen LogP contribution in [0.15, 0.2) is 60.7 Å². The summed E-state index contributed by atoms with van der Waals surface area (Å²) in [7, 11) is 0. The van der Waals surface area contributed by atoms with Crippen LogP contribution < -0.4 is 5.32 Å². The van der Waals surface area contributed by atoms with Gasteiger partial charge >= 0.3 is 0 Å². The Kier molecular flexibility index (Phi) is 4.21. The number of nitrogens with one attached hydrogen (secondary N) is 1. The smallest absolute Gasteiger partial charge is 0.161 e. The van der Waals surface area contributed by atoms with Crippen LogP contribution in [0.2, 0.25) is 0 Å². The molecule has 2 heterocycles. The molecule has 0 radical (unpaired) electrons. The summed E-state index contributed by atoms with van der Waals surface area (Å²) in [5.74, 6) is 1.67. The molecule has 0 amide bonds. The molecule has 1 aliphatic rings. The monoisotopic (exact) mass is 317 g/mol. The quantitative estimate of drug-likeness (QED) is 0.794. The van der Waals surface area contributed by atoms with E-state index in [9.17, 15) is 0 Å². The van der Waals surface area contributed by atoms with Crippen molar-refractivity contribution in [3.05, 3.63) is 77.5 Å². The molecule has 1 aliphatic heterocycles. The first-order valence-corrected chi connectivity index (χ1v) is 8.21. The van der Waals surface area contributed by atoms with Crippen molar-refractivity contribution in [3.63, 3.8) is 0 Å². The van der Waals surface area contributed by atoms with Crippen LogP contribution in [0, 0.1) is 0 Å². The van der Waals surface area contributed by atoms with Crippen LogP contribution in [0.1, 0.15) is 16.8 Å². The Morgan fingerprint density at radius 2 is 1.67 bits per heavy atom. The molecular formula is C20H19N3O. The van der Waals surface area contributed by atoms with Crippen molar-refractivity contribution in [1.29, 1.82) is 0 Å². The fraction of sp³-hybridized carbons (Fsp3) is 0.200. The summed E-state index contributed by atoms with van der Waals surface area (Å²) in [6.07, 6.45) is 0.849. The summed E-state index contributed by atoms with van der Waals surface area (Å²) in [5, 5.41) is 3.49. The second-order valence-electron chi connectivity index (χ2n) is 5.83. The number of anilines is 1. The van der Waals surface area contributed by atoms with Gasteiger partial charge in [-0.05, 0) is 5.56 Å². The van der Waals surface area contributed by atoms with Gasteiger partial charge in [-0.1, -0.05) is 60.7 Å². The fourth-order valence-electron chi connectivity index (χ4n) is 2.90. The highest BCUT2D eigenvalue weighted by Crippen LogP contribution is 2.26. The summed E-state index contributed by atoms with van der Waals surface area (Å²) in [6.45, 7) is 2.03. The van der Waals surface area contributed by atoms with Crippen LogP contribution in [-0.2, 0) is 24.3 Å². The third-order valence-electron chi connectivity index (χ3n) is 4.16. The normalized spacial score (nSPS) is 13.3. The highest BCUT2D eigenvalue weighted by Gasteiger charge is 2.18. The van der Waals surface area contributed by atoms with Gasteiger partial charge in [-0.3, -0.25) is 0 Å². The minimum atomic E-state index is 0.553. The number of fused-ring (bicyclic) bond motifs is 1. The van der Waals surface area contributed by atoms with Gasteiger partial charge in [-0.15, -0.1) is 0 Å². The molecule has 3 aromatic rings. The van der Waals surface area contributed by atoms with E-state index < -0.39 is 0 Å². The lowest BCUT2D eigenvalue weighted by Gasteiger charge is -2.20. The number of rotatable bonds is 4. The third-order valence-corrected chi connectivity index (χ3v) is 4.16. The predicted octanol–water partition coefficient (Wildman–Crippen LogP) is 3.83. The Labute approximate surface area is 141 Å². The van der Waals surface area contributed by atoms with E-state index in [0.717, 1.165) is 42.5 Å². The maximum atomic E-state index is 5.59. The van der Waals surface area contributed by atoms with Crippen LogP contribution in [0.5, 0.6) is 0 Å². The lowest BCUT2D eigenvalue weighted by atomic mass is 10.1. The molecule has 4 nitrogen and oxygen atoms in total. The minimum absolute atomic E-state index is 0.553. The maximum Gasteiger partial charge on any atom is 0.161 e. The molecule has 4 rings (SSSR count). The zero-order valence-corrected chi connectivity index (χ0v) is 13.4. The molecule has 1 N–H and O–H groups in total. The van der Waals surface area contributed by atoms with Crippen molar-refractivity contribution in [2.75, 3.05) is 11.9 Å². The molecule has 0 spiro atoms. The third kappa shape index (κ3) is 3.14. The van der Waals surface area contributed by atoms with Gasteiger partial charge in [0.1, 0.15) is 5.82 Å². The Hall–Kier alpha value is -2.72. The summed E-state index contributed by atoms with van der Waals surface area (Å²) < 4.78 is 5.59. The molecule has 0 aliphatic carbocycles. The van der Waals surface area contributed by atoms with Crippen LogP contribution in [0.3, 0.4) is 0 Å². The van der Waals surface area contributed by atoms with Gasteiger partial charge in [0.2, 0.25) is 0 Å². The maximum absolute atomic E-state index is 5.59. The number of nitrogens with zero attached hydrogens (tertiary/aromatic N) is 2. The molecule has 24 heavy (non-hydrogen) atoms. The molecular weight excluding hydrogens is 298 g/mol. The second-order valence-corrected chi connectivity index (χ2v) is 5.83. The summed E-state index contributed by atoms with van der Waals surface area (Å²) in [4.78, 5) is 9.52. The molecule has 0 atom stereocenters. The zero-order chi connectivity index (χ0) is 16.2. The number of benzene rings is 2. The van der Waals surface area contributed by atoms with E-state index in [1.54, 1.807) is 0 Å². The van der Waals surface area contributed by atoms with Crippen LogP contribution in [0.4, 0.5) is 5.82 Å². The highest BCUT2D eigenvalue weighted by molar-refractivity contribution is 5.60. The van der Waals surface area contributed by atoms with Gasteiger partial charge in [-0.25, -0.2) is 9.97 Å². The molecule has 1 aromatic heterocycles. The van der Waals surface area contributed by atoms with Crippen molar-refractivity contribution in [2.24, 2.45) is 0 Å². The molecule has 0 saturated heterocycles. The van der Waals surface area contributed by atoms with Gasteiger partial charge in [0.15, 0.2) is 5.82 Å². The second kappa shape index (κ2) is 6.81. The minimum Gasteiger partial charge on any atom is -0.375 e. The standard InChI is InChI=1S/C20H19N3O/c1-3-7-15(8-4-1)13-21-20-17-11-12-24-14-18(17)22-19(23-20)16-9-5-2-6-10-16/h1-10H,11-14H2,(H,21,22,23). The van der Waals surface area contributed by atoms with Crippen LogP contribution >= 0.6 is 0 Å². The van der Waals surface area contributed by atoms with E-state index in [1.165, 1.54) is 11.1 Å².